The quantitative estimate of drug-likeness (QED) is 0.931. The van der Waals surface area contributed by atoms with Crippen LogP contribution in [0, 0.1) is 6.92 Å². The molecule has 0 saturated heterocycles. The number of hydrogen-bond acceptors (Lipinski definition) is 5. The molecule has 1 heterocycles. The molecule has 0 fully saturated rings. The predicted molar refractivity (Wildman–Crippen MR) is 75.7 cm³/mol. The van der Waals surface area contributed by atoms with Crippen molar-refractivity contribution in [1.82, 2.24) is 14.7 Å². The second-order valence-electron chi connectivity index (χ2n) is 3.49. The number of nitrogens with one attached hydrogen (secondary N) is 1. The van der Waals surface area contributed by atoms with Crippen LogP contribution in [0.1, 0.15) is 11.4 Å². The molecule has 0 aliphatic carbocycles. The molecule has 0 aliphatic heterocycles. The Morgan fingerprint density at radius 2 is 2.29 bits per heavy atom. The summed E-state index contributed by atoms with van der Waals surface area (Å²) in [6, 6.07) is 6.29. The highest BCUT2D eigenvalue weighted by atomic mass is 79.9. The van der Waals surface area contributed by atoms with Crippen LogP contribution < -0.4 is 5.32 Å². The van der Waals surface area contributed by atoms with Gasteiger partial charge in [-0.25, -0.2) is 4.98 Å². The van der Waals surface area contributed by atoms with Gasteiger partial charge in [-0.15, -0.1) is 0 Å². The maximum atomic E-state index is 4.37. The van der Waals surface area contributed by atoms with E-state index in [2.05, 4.69) is 48.8 Å². The van der Waals surface area contributed by atoms with Gasteiger partial charge in [0.25, 0.3) is 0 Å². The normalized spacial score (nSPS) is 10.8. The van der Waals surface area contributed by atoms with Gasteiger partial charge in [-0.2, -0.15) is 4.37 Å². The smallest absolute Gasteiger partial charge is 0.174 e. The van der Waals surface area contributed by atoms with Gasteiger partial charge in [0.05, 0.1) is 0 Å². The molecule has 0 radical (unpaired) electrons. The molecule has 3 nitrogen and oxygen atoms in total. The van der Waals surface area contributed by atoms with Gasteiger partial charge in [-0.1, -0.05) is 27.7 Å². The number of aromatic nitrogens is 2. The monoisotopic (exact) mass is 329 g/mol. The van der Waals surface area contributed by atoms with Gasteiger partial charge in [0.1, 0.15) is 5.82 Å². The Morgan fingerprint density at radius 1 is 1.47 bits per heavy atom. The average molecular weight is 330 g/mol. The zero-order valence-corrected chi connectivity index (χ0v) is 12.7. The number of aryl methyl sites for hydroxylation is 1. The summed E-state index contributed by atoms with van der Waals surface area (Å²) in [5.74, 6) is 0.838. The minimum atomic E-state index is 0.838. The summed E-state index contributed by atoms with van der Waals surface area (Å²) in [6.07, 6.45) is 0. The molecular weight excluding hydrogens is 318 g/mol. The zero-order valence-electron chi connectivity index (χ0n) is 9.53. The SMILES string of the molecule is CNCc1cc(Br)ccc1Sc1nc(C)ns1. The first-order valence-electron chi connectivity index (χ1n) is 5.10. The molecular formula is C11H12BrN3S2. The maximum Gasteiger partial charge on any atom is 0.174 e. The lowest BCUT2D eigenvalue weighted by molar-refractivity contribution is 0.802. The molecule has 90 valence electrons. The van der Waals surface area contributed by atoms with E-state index in [0.717, 1.165) is 21.2 Å². The Kier molecular flexibility index (Phi) is 4.55. The molecule has 1 N–H and O–H groups in total. The van der Waals surface area contributed by atoms with Crippen LogP contribution in [0.15, 0.2) is 31.9 Å². The van der Waals surface area contributed by atoms with Gasteiger partial charge in [0.2, 0.25) is 0 Å². The van der Waals surface area contributed by atoms with Crippen LogP contribution in [0.4, 0.5) is 0 Å². The molecule has 1 aromatic carbocycles. The van der Waals surface area contributed by atoms with Gasteiger partial charge >= 0.3 is 0 Å². The van der Waals surface area contributed by atoms with Gasteiger partial charge in [0, 0.05) is 15.9 Å². The number of nitrogens with zero attached hydrogens (tertiary/aromatic N) is 2. The standard InChI is InChI=1S/C11H12BrN3S2/c1-7-14-11(17-15-7)16-10-4-3-9(12)5-8(10)6-13-2/h3-5,13H,6H2,1-2H3. The largest absolute Gasteiger partial charge is 0.316 e. The van der Waals surface area contributed by atoms with Crippen molar-refractivity contribution in [2.75, 3.05) is 7.05 Å². The summed E-state index contributed by atoms with van der Waals surface area (Å²) >= 11 is 6.61. The van der Waals surface area contributed by atoms with Crippen molar-refractivity contribution in [2.24, 2.45) is 0 Å². The maximum absolute atomic E-state index is 4.37. The van der Waals surface area contributed by atoms with Crippen LogP contribution in [0.2, 0.25) is 0 Å². The minimum absolute atomic E-state index is 0.838. The molecule has 1 aromatic heterocycles. The topological polar surface area (TPSA) is 37.8 Å². The molecule has 0 aliphatic rings. The predicted octanol–water partition coefficient (Wildman–Crippen LogP) is 3.48. The third kappa shape index (κ3) is 3.51. The van der Waals surface area contributed by atoms with Crippen molar-refractivity contribution in [1.29, 1.82) is 0 Å². The first-order valence-corrected chi connectivity index (χ1v) is 7.48. The van der Waals surface area contributed by atoms with E-state index in [1.165, 1.54) is 22.0 Å². The van der Waals surface area contributed by atoms with E-state index >= 15 is 0 Å². The van der Waals surface area contributed by atoms with E-state index < -0.39 is 0 Å². The molecule has 0 unspecified atom stereocenters. The molecule has 0 amide bonds. The van der Waals surface area contributed by atoms with E-state index in [0.29, 0.717) is 0 Å². The van der Waals surface area contributed by atoms with Crippen LogP contribution in [0.25, 0.3) is 0 Å². The second kappa shape index (κ2) is 5.95. The highest BCUT2D eigenvalue weighted by molar-refractivity contribution is 9.10. The Bertz CT molecular complexity index is 513. The highest BCUT2D eigenvalue weighted by Gasteiger charge is 2.08. The van der Waals surface area contributed by atoms with Gasteiger partial charge in [-0.05, 0) is 49.3 Å². The first-order chi connectivity index (χ1) is 8.19. The van der Waals surface area contributed by atoms with E-state index in [-0.39, 0.29) is 0 Å². The fourth-order valence-electron chi connectivity index (χ4n) is 1.39. The minimum Gasteiger partial charge on any atom is -0.316 e. The molecule has 0 saturated carbocycles. The van der Waals surface area contributed by atoms with Gasteiger partial charge in [-0.3, -0.25) is 0 Å². The Hall–Kier alpha value is -0.430. The van der Waals surface area contributed by atoms with Gasteiger partial charge in [0.15, 0.2) is 4.34 Å². The summed E-state index contributed by atoms with van der Waals surface area (Å²) < 4.78 is 6.28. The number of benzene rings is 1. The van der Waals surface area contributed by atoms with Crippen molar-refractivity contribution in [3.63, 3.8) is 0 Å². The molecule has 0 spiro atoms. The van der Waals surface area contributed by atoms with Crippen molar-refractivity contribution in [3.05, 3.63) is 34.1 Å². The van der Waals surface area contributed by atoms with Crippen LogP contribution >= 0.6 is 39.2 Å². The van der Waals surface area contributed by atoms with Crippen LogP contribution in [-0.2, 0) is 6.54 Å². The summed E-state index contributed by atoms with van der Waals surface area (Å²) in [6.45, 7) is 2.76. The van der Waals surface area contributed by atoms with E-state index in [9.17, 15) is 0 Å². The Balaban J connectivity index is 2.25. The lowest BCUT2D eigenvalue weighted by atomic mass is 10.2. The van der Waals surface area contributed by atoms with Crippen molar-refractivity contribution in [2.45, 2.75) is 22.7 Å². The molecule has 6 heteroatoms. The van der Waals surface area contributed by atoms with Crippen LogP contribution in [-0.4, -0.2) is 16.4 Å². The highest BCUT2D eigenvalue weighted by Crippen LogP contribution is 2.32. The third-order valence-electron chi connectivity index (χ3n) is 2.10. The number of halogens is 1. The van der Waals surface area contributed by atoms with Gasteiger partial charge < -0.3 is 5.32 Å². The van der Waals surface area contributed by atoms with Crippen molar-refractivity contribution in [3.8, 4) is 0 Å². The van der Waals surface area contributed by atoms with Crippen LogP contribution in [0.5, 0.6) is 0 Å². The summed E-state index contributed by atoms with van der Waals surface area (Å²) in [5, 5.41) is 3.18. The number of hydrogen-bond donors (Lipinski definition) is 1. The molecule has 2 aromatic rings. The van der Waals surface area contributed by atoms with Crippen molar-refractivity contribution >= 4 is 39.2 Å². The Labute approximate surface area is 117 Å². The van der Waals surface area contributed by atoms with Crippen molar-refractivity contribution < 1.29 is 0 Å². The molecule has 2 rings (SSSR count). The lowest BCUT2D eigenvalue weighted by Gasteiger charge is -2.07. The van der Waals surface area contributed by atoms with E-state index in [4.69, 9.17) is 0 Å². The zero-order chi connectivity index (χ0) is 12.3. The average Bonchev–Trinajstić information content (AvgIpc) is 2.69. The molecule has 0 atom stereocenters. The van der Waals surface area contributed by atoms with E-state index in [1.54, 1.807) is 11.8 Å². The second-order valence-corrected chi connectivity index (χ2v) is 6.45. The summed E-state index contributed by atoms with van der Waals surface area (Å²) in [4.78, 5) is 5.59. The fourth-order valence-corrected chi connectivity index (χ4v) is 3.52. The summed E-state index contributed by atoms with van der Waals surface area (Å²) in [7, 11) is 1.95. The third-order valence-corrected chi connectivity index (χ3v) is 4.55. The number of rotatable bonds is 4. The molecule has 17 heavy (non-hydrogen) atoms. The van der Waals surface area contributed by atoms with Crippen LogP contribution in [0.3, 0.4) is 0 Å². The molecule has 0 bridgehead atoms. The Morgan fingerprint density at radius 3 is 2.94 bits per heavy atom. The summed E-state index contributed by atoms with van der Waals surface area (Å²) in [5.41, 5.74) is 1.26. The lowest BCUT2D eigenvalue weighted by Crippen LogP contribution is -2.06. The fraction of sp³-hybridized carbons (Fsp3) is 0.273. The van der Waals surface area contributed by atoms with E-state index in [1.807, 2.05) is 14.0 Å². The first kappa shape index (κ1) is 13.0.